The van der Waals surface area contributed by atoms with Crippen LogP contribution in [0, 0.1) is 0 Å². The standard InChI is InChI=1S/C15H18N2OS/c1-4-8-13(17(2)3)11-12-16-15(19)18-14-9-6-5-7-10-14/h4-12H,1-3H3/b8-4-,13-11+,16-12+. The highest BCUT2D eigenvalue weighted by Crippen LogP contribution is 2.09. The van der Waals surface area contributed by atoms with E-state index < -0.39 is 0 Å². The van der Waals surface area contributed by atoms with E-state index in [1.54, 1.807) is 6.21 Å². The molecule has 1 rings (SSSR count). The van der Waals surface area contributed by atoms with Crippen molar-refractivity contribution in [3.63, 3.8) is 0 Å². The van der Waals surface area contributed by atoms with Crippen molar-refractivity contribution in [3.8, 4) is 5.75 Å². The Morgan fingerprint density at radius 2 is 1.95 bits per heavy atom. The Balaban J connectivity index is 2.61. The summed E-state index contributed by atoms with van der Waals surface area (Å²) in [5.41, 5.74) is 1.04. The normalized spacial score (nSPS) is 12.1. The Morgan fingerprint density at radius 3 is 2.53 bits per heavy atom. The predicted molar refractivity (Wildman–Crippen MR) is 84.7 cm³/mol. The summed E-state index contributed by atoms with van der Waals surface area (Å²) in [5, 5.41) is 0.195. The lowest BCUT2D eigenvalue weighted by Crippen LogP contribution is -2.09. The van der Waals surface area contributed by atoms with Crippen LogP contribution in [0.2, 0.25) is 0 Å². The second-order valence-electron chi connectivity index (χ2n) is 3.95. The van der Waals surface area contributed by atoms with Crippen LogP contribution in [-0.4, -0.2) is 30.4 Å². The summed E-state index contributed by atoms with van der Waals surface area (Å²) in [6.45, 7) is 1.97. The zero-order chi connectivity index (χ0) is 14.1. The summed E-state index contributed by atoms with van der Waals surface area (Å²) in [6, 6.07) is 9.36. The highest BCUT2D eigenvalue weighted by Gasteiger charge is 1.96. The fraction of sp³-hybridized carbons (Fsp3) is 0.200. The van der Waals surface area contributed by atoms with Crippen molar-refractivity contribution in [2.24, 2.45) is 4.99 Å². The van der Waals surface area contributed by atoms with E-state index in [0.29, 0.717) is 5.75 Å². The van der Waals surface area contributed by atoms with E-state index >= 15 is 0 Å². The van der Waals surface area contributed by atoms with Crippen LogP contribution < -0.4 is 4.74 Å². The van der Waals surface area contributed by atoms with Crippen LogP contribution in [0.25, 0.3) is 0 Å². The molecule has 4 heteroatoms. The first kappa shape index (κ1) is 15.1. The fourth-order valence-electron chi connectivity index (χ4n) is 1.31. The monoisotopic (exact) mass is 274 g/mol. The van der Waals surface area contributed by atoms with Gasteiger partial charge in [-0.2, -0.15) is 0 Å². The predicted octanol–water partition coefficient (Wildman–Crippen LogP) is 3.44. The molecule has 0 aliphatic carbocycles. The molecule has 3 nitrogen and oxygen atoms in total. The molecular weight excluding hydrogens is 256 g/mol. The highest BCUT2D eigenvalue weighted by molar-refractivity contribution is 7.80. The molecule has 1 aromatic carbocycles. The van der Waals surface area contributed by atoms with Gasteiger partial charge < -0.3 is 9.64 Å². The van der Waals surface area contributed by atoms with Crippen LogP contribution in [0.4, 0.5) is 0 Å². The number of hydrogen-bond acceptors (Lipinski definition) is 3. The van der Waals surface area contributed by atoms with Crippen molar-refractivity contribution in [1.29, 1.82) is 0 Å². The summed E-state index contributed by atoms with van der Waals surface area (Å²) in [6.07, 6.45) is 7.48. The van der Waals surface area contributed by atoms with Gasteiger partial charge in [0, 0.05) is 26.0 Å². The first-order valence-corrected chi connectivity index (χ1v) is 6.35. The lowest BCUT2D eigenvalue weighted by Gasteiger charge is -2.12. The molecule has 0 aliphatic heterocycles. The first-order chi connectivity index (χ1) is 9.13. The lowest BCUT2D eigenvalue weighted by atomic mass is 10.3. The van der Waals surface area contributed by atoms with Gasteiger partial charge in [0.2, 0.25) is 0 Å². The Labute approximate surface area is 119 Å². The molecule has 0 aromatic heterocycles. The molecule has 0 heterocycles. The van der Waals surface area contributed by atoms with E-state index in [-0.39, 0.29) is 5.17 Å². The van der Waals surface area contributed by atoms with Crippen molar-refractivity contribution in [3.05, 3.63) is 54.3 Å². The van der Waals surface area contributed by atoms with Gasteiger partial charge in [-0.15, -0.1) is 0 Å². The van der Waals surface area contributed by atoms with Crippen LogP contribution in [0.1, 0.15) is 6.92 Å². The number of para-hydroxylation sites is 1. The van der Waals surface area contributed by atoms with Gasteiger partial charge in [-0.3, -0.25) is 0 Å². The van der Waals surface area contributed by atoms with Crippen LogP contribution in [0.3, 0.4) is 0 Å². The third kappa shape index (κ3) is 5.97. The third-order valence-corrected chi connectivity index (χ3v) is 2.42. The number of benzene rings is 1. The van der Waals surface area contributed by atoms with Crippen molar-refractivity contribution in [2.45, 2.75) is 6.92 Å². The van der Waals surface area contributed by atoms with Gasteiger partial charge in [-0.05, 0) is 43.4 Å². The van der Waals surface area contributed by atoms with E-state index in [1.807, 2.05) is 74.5 Å². The highest BCUT2D eigenvalue weighted by atomic mass is 32.1. The van der Waals surface area contributed by atoms with Crippen molar-refractivity contribution >= 4 is 23.6 Å². The number of rotatable bonds is 4. The summed E-state index contributed by atoms with van der Waals surface area (Å²) in [7, 11) is 3.94. The van der Waals surface area contributed by atoms with E-state index in [0.717, 1.165) is 5.70 Å². The van der Waals surface area contributed by atoms with E-state index in [2.05, 4.69) is 4.99 Å². The van der Waals surface area contributed by atoms with Crippen LogP contribution >= 0.6 is 12.2 Å². The quantitative estimate of drug-likeness (QED) is 0.477. The average Bonchev–Trinajstić information content (AvgIpc) is 2.38. The Bertz CT molecular complexity index is 490. The first-order valence-electron chi connectivity index (χ1n) is 5.94. The zero-order valence-electron chi connectivity index (χ0n) is 11.4. The maximum absolute atomic E-state index is 5.39. The van der Waals surface area contributed by atoms with Gasteiger partial charge in [0.15, 0.2) is 0 Å². The number of ether oxygens (including phenoxy) is 1. The Morgan fingerprint density at radius 1 is 1.26 bits per heavy atom. The minimum Gasteiger partial charge on any atom is -0.430 e. The topological polar surface area (TPSA) is 24.8 Å². The molecule has 1 aromatic rings. The number of likely N-dealkylation sites (N-methyl/N-ethyl adjacent to an activating group) is 1. The largest absolute Gasteiger partial charge is 0.430 e. The molecule has 0 bridgehead atoms. The second-order valence-corrected chi connectivity index (χ2v) is 4.29. The molecule has 0 saturated heterocycles. The average molecular weight is 274 g/mol. The molecule has 0 radical (unpaired) electrons. The lowest BCUT2D eigenvalue weighted by molar-refractivity contribution is 0.530. The molecule has 0 N–H and O–H groups in total. The van der Waals surface area contributed by atoms with Gasteiger partial charge in [0.25, 0.3) is 5.17 Å². The smallest absolute Gasteiger partial charge is 0.288 e. The fourth-order valence-corrected chi connectivity index (χ4v) is 1.47. The van der Waals surface area contributed by atoms with Gasteiger partial charge in [-0.25, -0.2) is 4.99 Å². The molecule has 0 amide bonds. The van der Waals surface area contributed by atoms with E-state index in [4.69, 9.17) is 17.0 Å². The number of nitrogens with zero attached hydrogens (tertiary/aromatic N) is 2. The molecule has 100 valence electrons. The molecule has 0 fully saturated rings. The van der Waals surface area contributed by atoms with Crippen molar-refractivity contribution in [1.82, 2.24) is 4.90 Å². The maximum Gasteiger partial charge on any atom is 0.288 e. The summed E-state index contributed by atoms with van der Waals surface area (Å²) in [5.74, 6) is 0.690. The third-order valence-electron chi connectivity index (χ3n) is 2.23. The number of hydrogen-bond donors (Lipinski definition) is 0. The zero-order valence-corrected chi connectivity index (χ0v) is 12.2. The van der Waals surface area contributed by atoms with Crippen LogP contribution in [0.5, 0.6) is 5.75 Å². The molecular formula is C15H18N2OS. The molecule has 0 spiro atoms. The minimum atomic E-state index is 0.195. The minimum absolute atomic E-state index is 0.195. The Hall–Kier alpha value is -1.94. The maximum atomic E-state index is 5.39. The molecule has 0 aliphatic rings. The number of aliphatic imine (C=N–C) groups is 1. The van der Waals surface area contributed by atoms with E-state index in [9.17, 15) is 0 Å². The van der Waals surface area contributed by atoms with Gasteiger partial charge in [-0.1, -0.05) is 24.3 Å². The molecule has 19 heavy (non-hydrogen) atoms. The van der Waals surface area contributed by atoms with Gasteiger partial charge >= 0.3 is 0 Å². The van der Waals surface area contributed by atoms with Gasteiger partial charge in [0.05, 0.1) is 0 Å². The molecule has 0 atom stereocenters. The second kappa shape index (κ2) is 8.21. The molecule has 0 saturated carbocycles. The summed E-state index contributed by atoms with van der Waals surface area (Å²) in [4.78, 5) is 6.06. The number of allylic oxidation sites excluding steroid dienone is 3. The van der Waals surface area contributed by atoms with E-state index in [1.165, 1.54) is 0 Å². The summed E-state index contributed by atoms with van der Waals surface area (Å²) < 4.78 is 5.39. The molecule has 0 unspecified atom stereocenters. The van der Waals surface area contributed by atoms with Crippen LogP contribution in [-0.2, 0) is 0 Å². The van der Waals surface area contributed by atoms with Crippen LogP contribution in [0.15, 0.2) is 59.2 Å². The number of thiocarbonyl (C=S) groups is 1. The summed E-state index contributed by atoms with van der Waals surface area (Å²) >= 11 is 5.04. The van der Waals surface area contributed by atoms with Crippen molar-refractivity contribution < 1.29 is 4.74 Å². The van der Waals surface area contributed by atoms with Gasteiger partial charge in [0.1, 0.15) is 5.75 Å². The SMILES string of the molecule is C\C=C/C(=C\C=N\C(=S)Oc1ccccc1)N(C)C. The Kier molecular flexibility index (Phi) is 6.53. The van der Waals surface area contributed by atoms with Crippen molar-refractivity contribution in [2.75, 3.05) is 14.1 Å².